The summed E-state index contributed by atoms with van der Waals surface area (Å²) in [6.07, 6.45) is 1.92. The molecule has 2 heterocycles. The number of nitrogens with one attached hydrogen (secondary N) is 3. The van der Waals surface area contributed by atoms with Crippen molar-refractivity contribution in [2.75, 3.05) is 12.4 Å². The van der Waals surface area contributed by atoms with Gasteiger partial charge in [0.2, 0.25) is 5.91 Å². The summed E-state index contributed by atoms with van der Waals surface area (Å²) in [5, 5.41) is 12.8. The van der Waals surface area contributed by atoms with Crippen molar-refractivity contribution in [3.8, 4) is 0 Å². The molecule has 0 bridgehead atoms. The monoisotopic (exact) mass is 425 g/mol. The van der Waals surface area contributed by atoms with Crippen LogP contribution in [0.2, 0.25) is 0 Å². The lowest BCUT2D eigenvalue weighted by Gasteiger charge is -2.13. The molecule has 1 aliphatic rings. The number of amidine groups is 1. The standard InChI is InChI=1S/C21H23N5O5/c1-31-17(27)10-13-9-15(25-19(13)28)11-26-8-2-3-16(21(26)30)20(29)24-14-6-4-12(5-7-14)18(22)23/h2-8,13,15H,9-11H2,1H3,(H3,22,23)(H,24,29)(H,25,28)/t13-,15-/m0/s1. The summed E-state index contributed by atoms with van der Waals surface area (Å²) >= 11 is 0. The van der Waals surface area contributed by atoms with Gasteiger partial charge in [0.05, 0.1) is 19.4 Å². The number of rotatable bonds is 7. The Morgan fingerprint density at radius 3 is 2.61 bits per heavy atom. The fourth-order valence-electron chi connectivity index (χ4n) is 3.43. The number of hydrogen-bond donors (Lipinski definition) is 4. The summed E-state index contributed by atoms with van der Waals surface area (Å²) in [5.74, 6) is -1.89. The Kier molecular flexibility index (Phi) is 6.49. The first-order valence-electron chi connectivity index (χ1n) is 9.61. The van der Waals surface area contributed by atoms with Gasteiger partial charge in [-0.25, -0.2) is 0 Å². The van der Waals surface area contributed by atoms with E-state index in [9.17, 15) is 19.2 Å². The first-order valence-corrected chi connectivity index (χ1v) is 9.61. The highest BCUT2D eigenvalue weighted by molar-refractivity contribution is 6.04. The molecule has 2 amide bonds. The molecule has 3 rings (SSSR count). The zero-order valence-corrected chi connectivity index (χ0v) is 16.9. The van der Waals surface area contributed by atoms with E-state index < -0.39 is 23.4 Å². The van der Waals surface area contributed by atoms with Crippen LogP contribution in [0.1, 0.15) is 28.8 Å². The van der Waals surface area contributed by atoms with E-state index in [1.165, 1.54) is 17.7 Å². The Morgan fingerprint density at radius 1 is 1.26 bits per heavy atom. The van der Waals surface area contributed by atoms with Gasteiger partial charge in [0.15, 0.2) is 0 Å². The molecule has 31 heavy (non-hydrogen) atoms. The SMILES string of the molecule is COC(=O)C[C@@H]1C[C@@H](Cn2cccc(C(=O)Nc3ccc(C(=N)N)cc3)c2=O)NC1=O. The molecule has 0 radical (unpaired) electrons. The highest BCUT2D eigenvalue weighted by Gasteiger charge is 2.34. The molecule has 0 spiro atoms. The van der Waals surface area contributed by atoms with E-state index in [1.807, 2.05) is 0 Å². The molecule has 162 valence electrons. The van der Waals surface area contributed by atoms with Gasteiger partial charge in [0.1, 0.15) is 11.4 Å². The average molecular weight is 425 g/mol. The number of nitrogen functional groups attached to an aromatic ring is 1. The smallest absolute Gasteiger partial charge is 0.306 e. The number of anilines is 1. The van der Waals surface area contributed by atoms with Gasteiger partial charge in [-0.15, -0.1) is 0 Å². The molecule has 1 fully saturated rings. The van der Waals surface area contributed by atoms with Crippen molar-refractivity contribution >= 4 is 29.3 Å². The lowest BCUT2D eigenvalue weighted by atomic mass is 10.0. The molecule has 2 aromatic rings. The Hall–Kier alpha value is -3.95. The Bertz CT molecular complexity index is 1080. The third-order valence-electron chi connectivity index (χ3n) is 5.06. The molecule has 10 nitrogen and oxygen atoms in total. The van der Waals surface area contributed by atoms with Gasteiger partial charge >= 0.3 is 5.97 Å². The van der Waals surface area contributed by atoms with Crippen molar-refractivity contribution in [3.05, 3.63) is 64.1 Å². The van der Waals surface area contributed by atoms with Gasteiger partial charge in [-0.05, 0) is 42.8 Å². The zero-order valence-electron chi connectivity index (χ0n) is 16.9. The number of benzene rings is 1. The number of hydrogen-bond acceptors (Lipinski definition) is 6. The van der Waals surface area contributed by atoms with Crippen molar-refractivity contribution in [1.29, 1.82) is 5.41 Å². The van der Waals surface area contributed by atoms with Crippen LogP contribution in [-0.2, 0) is 20.9 Å². The minimum absolute atomic E-state index is 0.0153. The first kappa shape index (κ1) is 21.8. The van der Waals surface area contributed by atoms with Crippen LogP contribution >= 0.6 is 0 Å². The summed E-state index contributed by atoms with van der Waals surface area (Å²) in [6, 6.07) is 9.03. The lowest BCUT2D eigenvalue weighted by Crippen LogP contribution is -2.36. The normalized spacial score (nSPS) is 17.6. The first-order chi connectivity index (χ1) is 14.8. The van der Waals surface area contributed by atoms with Gasteiger partial charge in [-0.2, -0.15) is 0 Å². The minimum atomic E-state index is -0.575. The maximum absolute atomic E-state index is 12.8. The summed E-state index contributed by atoms with van der Waals surface area (Å²) in [7, 11) is 1.26. The molecule has 10 heteroatoms. The van der Waals surface area contributed by atoms with Crippen LogP contribution in [-0.4, -0.2) is 41.3 Å². The van der Waals surface area contributed by atoms with Gasteiger partial charge in [0.25, 0.3) is 11.5 Å². The van der Waals surface area contributed by atoms with Crippen LogP contribution in [0.5, 0.6) is 0 Å². The third-order valence-corrected chi connectivity index (χ3v) is 5.06. The second-order valence-electron chi connectivity index (χ2n) is 7.24. The Morgan fingerprint density at radius 2 is 1.97 bits per heavy atom. The van der Waals surface area contributed by atoms with Crippen molar-refractivity contribution in [2.24, 2.45) is 11.7 Å². The molecule has 0 aliphatic carbocycles. The van der Waals surface area contributed by atoms with Gasteiger partial charge in [-0.3, -0.25) is 24.6 Å². The maximum atomic E-state index is 12.8. The number of carbonyl (C=O) groups excluding carboxylic acids is 3. The van der Waals surface area contributed by atoms with Crippen LogP contribution in [0.25, 0.3) is 0 Å². The van der Waals surface area contributed by atoms with Crippen LogP contribution in [0.15, 0.2) is 47.4 Å². The topological polar surface area (TPSA) is 156 Å². The molecule has 1 saturated heterocycles. The summed E-state index contributed by atoms with van der Waals surface area (Å²) in [5.41, 5.74) is 5.84. The number of carbonyl (C=O) groups is 3. The van der Waals surface area contributed by atoms with E-state index >= 15 is 0 Å². The van der Waals surface area contributed by atoms with Gasteiger partial charge in [-0.1, -0.05) is 0 Å². The Balaban J connectivity index is 1.69. The van der Waals surface area contributed by atoms with Crippen LogP contribution in [0.4, 0.5) is 5.69 Å². The number of ether oxygens (including phenoxy) is 1. The maximum Gasteiger partial charge on any atom is 0.306 e. The minimum Gasteiger partial charge on any atom is -0.469 e. The lowest BCUT2D eigenvalue weighted by molar-refractivity contribution is -0.143. The molecule has 5 N–H and O–H groups in total. The van der Waals surface area contributed by atoms with Crippen molar-refractivity contribution in [1.82, 2.24) is 9.88 Å². The number of nitrogens with zero attached hydrogens (tertiary/aromatic N) is 1. The van der Waals surface area contributed by atoms with E-state index in [-0.39, 0.29) is 36.3 Å². The summed E-state index contributed by atoms with van der Waals surface area (Å²) < 4.78 is 5.97. The average Bonchev–Trinajstić information content (AvgIpc) is 3.08. The largest absolute Gasteiger partial charge is 0.469 e. The van der Waals surface area contributed by atoms with E-state index in [4.69, 9.17) is 11.1 Å². The second-order valence-corrected chi connectivity index (χ2v) is 7.24. The molecule has 1 aliphatic heterocycles. The number of pyridine rings is 1. The number of aromatic nitrogens is 1. The molecule has 2 atom stereocenters. The molecule has 1 aromatic carbocycles. The number of nitrogens with two attached hydrogens (primary N) is 1. The molecular weight excluding hydrogens is 402 g/mol. The van der Waals surface area contributed by atoms with Crippen molar-refractivity contribution in [2.45, 2.75) is 25.4 Å². The van der Waals surface area contributed by atoms with Crippen LogP contribution in [0.3, 0.4) is 0 Å². The van der Waals surface area contributed by atoms with E-state index in [1.54, 1.807) is 36.5 Å². The molecular formula is C21H23N5O5. The number of esters is 1. The third kappa shape index (κ3) is 5.16. The summed E-state index contributed by atoms with van der Waals surface area (Å²) in [4.78, 5) is 48.9. The highest BCUT2D eigenvalue weighted by Crippen LogP contribution is 2.20. The Labute approximate surface area is 177 Å². The molecule has 0 saturated carbocycles. The fraction of sp³-hybridized carbons (Fsp3) is 0.286. The van der Waals surface area contributed by atoms with Crippen LogP contribution < -0.4 is 21.9 Å². The van der Waals surface area contributed by atoms with Crippen molar-refractivity contribution < 1.29 is 19.1 Å². The van der Waals surface area contributed by atoms with Crippen molar-refractivity contribution in [3.63, 3.8) is 0 Å². The molecule has 1 aromatic heterocycles. The van der Waals surface area contributed by atoms with Crippen LogP contribution in [0, 0.1) is 11.3 Å². The highest BCUT2D eigenvalue weighted by atomic mass is 16.5. The second kappa shape index (κ2) is 9.24. The van der Waals surface area contributed by atoms with Gasteiger partial charge in [0, 0.05) is 30.0 Å². The number of amides is 2. The zero-order chi connectivity index (χ0) is 22.5. The predicted octanol–water partition coefficient (Wildman–Crippen LogP) is 0.452. The van der Waals surface area contributed by atoms with E-state index in [2.05, 4.69) is 15.4 Å². The van der Waals surface area contributed by atoms with E-state index in [0.29, 0.717) is 17.7 Å². The summed E-state index contributed by atoms with van der Waals surface area (Å²) in [6.45, 7) is 0.177. The predicted molar refractivity (Wildman–Crippen MR) is 113 cm³/mol. The quantitative estimate of drug-likeness (QED) is 0.287. The number of methoxy groups -OCH3 is 1. The van der Waals surface area contributed by atoms with E-state index in [0.717, 1.165) is 0 Å². The molecule has 0 unspecified atom stereocenters. The fourth-order valence-corrected chi connectivity index (χ4v) is 3.43. The van der Waals surface area contributed by atoms with Gasteiger partial charge < -0.3 is 25.7 Å².